The lowest BCUT2D eigenvalue weighted by molar-refractivity contribution is -0.124. The zero-order valence-electron chi connectivity index (χ0n) is 26.9. The van der Waals surface area contributed by atoms with Crippen LogP contribution < -0.4 is 20.1 Å². The number of amides is 1. The molecule has 1 aliphatic rings. The van der Waals surface area contributed by atoms with E-state index in [1.54, 1.807) is 14.2 Å². The summed E-state index contributed by atoms with van der Waals surface area (Å²) < 4.78 is 13.4. The van der Waals surface area contributed by atoms with Crippen molar-refractivity contribution < 1.29 is 14.3 Å². The molecule has 0 bridgehead atoms. The Morgan fingerprint density at radius 2 is 1.64 bits per heavy atom. The van der Waals surface area contributed by atoms with Crippen LogP contribution in [0.4, 0.5) is 0 Å². The summed E-state index contributed by atoms with van der Waals surface area (Å²) in [4.78, 5) is 20.5. The van der Waals surface area contributed by atoms with Crippen LogP contribution in [-0.4, -0.2) is 57.4 Å². The molecule has 0 aliphatic carbocycles. The van der Waals surface area contributed by atoms with Crippen LogP contribution in [0, 0.1) is 0 Å². The van der Waals surface area contributed by atoms with Crippen molar-refractivity contribution in [3.05, 3.63) is 107 Å². The van der Waals surface area contributed by atoms with Gasteiger partial charge in [0.25, 0.3) is 0 Å². The van der Waals surface area contributed by atoms with E-state index in [9.17, 15) is 4.79 Å². The normalized spacial score (nSPS) is 15.6. The number of nitrogens with one attached hydrogen (secondary N) is 4. The number of methoxy groups -OCH3 is 2. The predicted octanol–water partition coefficient (Wildman–Crippen LogP) is 5.63. The number of H-pyrrole nitrogens is 2. The van der Waals surface area contributed by atoms with Gasteiger partial charge in [-0.25, -0.2) is 0 Å². The Labute approximate surface area is 273 Å². The van der Waals surface area contributed by atoms with Gasteiger partial charge in [0, 0.05) is 58.7 Å². The number of hydrogen-bond acceptors (Lipinski definition) is 6. The lowest BCUT2D eigenvalue weighted by atomic mass is 10.0. The maximum Gasteiger partial charge on any atom is 0.237 e. The van der Waals surface area contributed by atoms with Crippen LogP contribution in [0.1, 0.15) is 53.6 Å². The largest absolute Gasteiger partial charge is 0.497 e. The van der Waals surface area contributed by atoms with Crippen LogP contribution in [-0.2, 0) is 30.6 Å². The molecule has 3 aromatic carbocycles. The highest BCUT2D eigenvalue weighted by Crippen LogP contribution is 2.30. The van der Waals surface area contributed by atoms with E-state index >= 15 is 0 Å². The molecule has 1 amide bonds. The topological polar surface area (TPSA) is 122 Å². The zero-order valence-corrected chi connectivity index (χ0v) is 26.9. The minimum absolute atomic E-state index is 0.00791. The van der Waals surface area contributed by atoms with Gasteiger partial charge in [0.2, 0.25) is 5.91 Å². The SMILES string of the molecule is COc1ccc(Cn2c(CCc3c[nH]c4ccccc34)nnc2C(Cc2c[nH]c3ccccc23)NC(=O)C2CCCCN2)c(OC)c1. The van der Waals surface area contributed by atoms with Crippen LogP contribution >= 0.6 is 0 Å². The number of rotatable bonds is 12. The Hall–Kier alpha value is -5.09. The first-order chi connectivity index (χ1) is 23.1. The molecule has 47 heavy (non-hydrogen) atoms. The Morgan fingerprint density at radius 3 is 2.36 bits per heavy atom. The van der Waals surface area contributed by atoms with Gasteiger partial charge >= 0.3 is 0 Å². The first kappa shape index (κ1) is 30.6. The predicted molar refractivity (Wildman–Crippen MR) is 183 cm³/mol. The molecular formula is C37H41N7O3. The molecule has 4 heterocycles. The van der Waals surface area contributed by atoms with Gasteiger partial charge in [-0.05, 0) is 61.2 Å². The minimum Gasteiger partial charge on any atom is -0.497 e. The maximum absolute atomic E-state index is 13.8. The summed E-state index contributed by atoms with van der Waals surface area (Å²) in [5.74, 6) is 2.99. The number of piperidine rings is 1. The van der Waals surface area contributed by atoms with Crippen LogP contribution in [0.2, 0.25) is 0 Å². The number of nitrogens with zero attached hydrogens (tertiary/aromatic N) is 3. The Kier molecular flexibility index (Phi) is 8.92. The van der Waals surface area contributed by atoms with E-state index < -0.39 is 6.04 Å². The highest BCUT2D eigenvalue weighted by Gasteiger charge is 2.29. The van der Waals surface area contributed by atoms with E-state index in [1.165, 1.54) is 10.9 Å². The summed E-state index contributed by atoms with van der Waals surface area (Å²) in [5.41, 5.74) is 5.48. The average Bonchev–Trinajstić information content (AvgIpc) is 3.84. The van der Waals surface area contributed by atoms with Gasteiger partial charge in [0.05, 0.1) is 32.8 Å². The van der Waals surface area contributed by atoms with Crippen molar-refractivity contribution in [2.24, 2.45) is 0 Å². The molecule has 0 saturated carbocycles. The summed E-state index contributed by atoms with van der Waals surface area (Å²) in [5, 5.41) is 18.7. The van der Waals surface area contributed by atoms with E-state index in [0.29, 0.717) is 25.2 Å². The fourth-order valence-corrected chi connectivity index (χ4v) is 6.78. The number of hydrogen-bond donors (Lipinski definition) is 4. The Bertz CT molecular complexity index is 1980. The number of carbonyl (C=O) groups excluding carboxylic acids is 1. The lowest BCUT2D eigenvalue weighted by Gasteiger charge is -2.26. The monoisotopic (exact) mass is 631 g/mol. The molecular weight excluding hydrogens is 590 g/mol. The summed E-state index contributed by atoms with van der Waals surface area (Å²) in [6.07, 6.45) is 9.06. The number of fused-ring (bicyclic) bond motifs is 2. The van der Waals surface area contributed by atoms with Crippen LogP contribution in [0.25, 0.3) is 21.8 Å². The van der Waals surface area contributed by atoms with Gasteiger partial charge < -0.3 is 34.6 Å². The number of ether oxygens (including phenoxy) is 2. The van der Waals surface area contributed by atoms with E-state index in [1.807, 2.05) is 42.6 Å². The number of aryl methyl sites for hydroxylation is 2. The smallest absolute Gasteiger partial charge is 0.237 e. The van der Waals surface area contributed by atoms with Crippen molar-refractivity contribution >= 4 is 27.7 Å². The second-order valence-corrected chi connectivity index (χ2v) is 12.2. The molecule has 0 radical (unpaired) electrons. The van der Waals surface area contributed by atoms with Crippen molar-refractivity contribution in [2.45, 2.75) is 57.2 Å². The number of aromatic amines is 2. The molecule has 0 spiro atoms. The Morgan fingerprint density at radius 1 is 0.894 bits per heavy atom. The molecule has 2 atom stereocenters. The molecule has 10 nitrogen and oxygen atoms in total. The first-order valence-electron chi connectivity index (χ1n) is 16.4. The van der Waals surface area contributed by atoms with Crippen molar-refractivity contribution in [1.29, 1.82) is 0 Å². The molecule has 10 heteroatoms. The van der Waals surface area contributed by atoms with E-state index in [4.69, 9.17) is 19.7 Å². The van der Waals surface area contributed by atoms with E-state index in [2.05, 4.69) is 61.7 Å². The van der Waals surface area contributed by atoms with E-state index in [0.717, 1.165) is 77.1 Å². The van der Waals surface area contributed by atoms with Gasteiger partial charge in [-0.3, -0.25) is 4.79 Å². The molecule has 4 N–H and O–H groups in total. The number of carbonyl (C=O) groups is 1. The lowest BCUT2D eigenvalue weighted by Crippen LogP contribution is -2.48. The molecule has 2 unspecified atom stereocenters. The van der Waals surface area contributed by atoms with Gasteiger partial charge in [-0.1, -0.05) is 42.8 Å². The molecule has 1 aliphatic heterocycles. The fourth-order valence-electron chi connectivity index (χ4n) is 6.78. The van der Waals surface area contributed by atoms with Gasteiger partial charge in [-0.15, -0.1) is 10.2 Å². The molecule has 7 rings (SSSR count). The van der Waals surface area contributed by atoms with Crippen LogP contribution in [0.15, 0.2) is 79.1 Å². The van der Waals surface area contributed by atoms with Crippen molar-refractivity contribution in [3.63, 3.8) is 0 Å². The summed E-state index contributed by atoms with van der Waals surface area (Å²) in [7, 11) is 3.31. The summed E-state index contributed by atoms with van der Waals surface area (Å²) in [6, 6.07) is 21.8. The van der Waals surface area contributed by atoms with Crippen LogP contribution in [0.5, 0.6) is 11.5 Å². The number of para-hydroxylation sites is 2. The van der Waals surface area contributed by atoms with E-state index in [-0.39, 0.29) is 11.9 Å². The molecule has 3 aromatic heterocycles. The van der Waals surface area contributed by atoms with Gasteiger partial charge in [-0.2, -0.15) is 0 Å². The Balaban J connectivity index is 1.27. The third kappa shape index (κ3) is 6.46. The molecule has 1 fully saturated rings. The highest BCUT2D eigenvalue weighted by molar-refractivity contribution is 5.84. The average molecular weight is 632 g/mol. The standard InChI is InChI=1S/C37H41N7O3/c1-46-27-16-14-25(34(20-27)47-2)23-44-35(17-15-24-21-39-30-11-5-3-9-28(24)30)42-43-36(44)33(41-37(45)32-13-7-8-18-38-32)19-26-22-40-31-12-6-4-10-29(26)31/h3-6,9-12,14,16,20-22,32-33,38-40H,7-8,13,15,17-19,23H2,1-2H3,(H,41,45). The third-order valence-electron chi connectivity index (χ3n) is 9.33. The third-order valence-corrected chi connectivity index (χ3v) is 9.33. The number of benzene rings is 3. The molecule has 1 saturated heterocycles. The number of aromatic nitrogens is 5. The van der Waals surface area contributed by atoms with Crippen molar-refractivity contribution in [3.8, 4) is 11.5 Å². The second kappa shape index (κ2) is 13.7. The molecule has 6 aromatic rings. The molecule has 242 valence electrons. The quantitative estimate of drug-likeness (QED) is 0.139. The first-order valence-corrected chi connectivity index (χ1v) is 16.4. The maximum atomic E-state index is 13.8. The van der Waals surface area contributed by atoms with Gasteiger partial charge in [0.15, 0.2) is 5.82 Å². The summed E-state index contributed by atoms with van der Waals surface area (Å²) in [6.45, 7) is 1.32. The van der Waals surface area contributed by atoms with Crippen molar-refractivity contribution in [2.75, 3.05) is 20.8 Å². The zero-order chi connectivity index (χ0) is 32.2. The van der Waals surface area contributed by atoms with Gasteiger partial charge in [0.1, 0.15) is 17.3 Å². The highest BCUT2D eigenvalue weighted by atomic mass is 16.5. The fraction of sp³-hybridized carbons (Fsp3) is 0.324. The summed E-state index contributed by atoms with van der Waals surface area (Å²) >= 11 is 0. The van der Waals surface area contributed by atoms with Crippen LogP contribution in [0.3, 0.4) is 0 Å². The minimum atomic E-state index is -0.413. The second-order valence-electron chi connectivity index (χ2n) is 12.2. The van der Waals surface area contributed by atoms with Crippen molar-refractivity contribution in [1.82, 2.24) is 35.4 Å².